The van der Waals surface area contributed by atoms with Crippen LogP contribution in [0.1, 0.15) is 11.1 Å². The normalized spacial score (nSPS) is 10.3. The van der Waals surface area contributed by atoms with E-state index in [9.17, 15) is 0 Å². The van der Waals surface area contributed by atoms with Crippen molar-refractivity contribution in [3.8, 4) is 6.07 Å². The van der Waals surface area contributed by atoms with E-state index in [2.05, 4.69) is 41.0 Å². The molecule has 1 heterocycles. The Kier molecular flexibility index (Phi) is 3.18. The van der Waals surface area contributed by atoms with Gasteiger partial charge >= 0.3 is 0 Å². The first-order valence-electron chi connectivity index (χ1n) is 6.05. The maximum atomic E-state index is 8.75. The average molecular weight is 264 g/mol. The molecular weight excluding hydrogens is 252 g/mol. The van der Waals surface area contributed by atoms with Crippen LogP contribution in [0.5, 0.6) is 0 Å². The molecule has 0 bridgehead atoms. The Hall–Kier alpha value is -2.31. The zero-order chi connectivity index (χ0) is 13.1. The first kappa shape index (κ1) is 11.8. The highest BCUT2D eigenvalue weighted by Gasteiger charge is 1.98. The first-order valence-corrected chi connectivity index (χ1v) is 6.93. The summed E-state index contributed by atoms with van der Waals surface area (Å²) in [6.45, 7) is 0.765. The van der Waals surface area contributed by atoms with Gasteiger partial charge in [-0.3, -0.25) is 0 Å². The van der Waals surface area contributed by atoms with Crippen LogP contribution < -0.4 is 5.32 Å². The molecule has 2 nitrogen and oxygen atoms in total. The summed E-state index contributed by atoms with van der Waals surface area (Å²) in [6, 6.07) is 18.3. The van der Waals surface area contributed by atoms with Crippen molar-refractivity contribution in [1.82, 2.24) is 0 Å². The summed E-state index contributed by atoms with van der Waals surface area (Å²) in [5.41, 5.74) is 2.99. The molecule has 3 heteroatoms. The summed E-state index contributed by atoms with van der Waals surface area (Å²) in [6.07, 6.45) is 0. The lowest BCUT2D eigenvalue weighted by Crippen LogP contribution is -1.98. The van der Waals surface area contributed by atoms with Crippen LogP contribution in [0.15, 0.2) is 53.9 Å². The molecule has 0 saturated carbocycles. The van der Waals surface area contributed by atoms with Gasteiger partial charge in [0, 0.05) is 16.9 Å². The molecule has 0 fully saturated rings. The molecule has 19 heavy (non-hydrogen) atoms. The zero-order valence-corrected chi connectivity index (χ0v) is 11.1. The van der Waals surface area contributed by atoms with Crippen molar-refractivity contribution in [2.24, 2.45) is 0 Å². The van der Waals surface area contributed by atoms with Gasteiger partial charge in [-0.1, -0.05) is 12.1 Å². The summed E-state index contributed by atoms with van der Waals surface area (Å²) in [7, 11) is 0. The van der Waals surface area contributed by atoms with E-state index < -0.39 is 0 Å². The van der Waals surface area contributed by atoms with E-state index in [1.807, 2.05) is 24.3 Å². The molecule has 0 unspecified atom stereocenters. The van der Waals surface area contributed by atoms with E-state index >= 15 is 0 Å². The number of thiophene rings is 1. The number of fused-ring (bicyclic) bond motifs is 1. The van der Waals surface area contributed by atoms with E-state index in [0.29, 0.717) is 5.56 Å². The molecular formula is C16H12N2S. The molecule has 0 spiro atoms. The summed E-state index contributed by atoms with van der Waals surface area (Å²) < 4.78 is 1.31. The van der Waals surface area contributed by atoms with Gasteiger partial charge in [-0.2, -0.15) is 5.26 Å². The Morgan fingerprint density at radius 1 is 1.05 bits per heavy atom. The van der Waals surface area contributed by atoms with Gasteiger partial charge in [0.2, 0.25) is 0 Å². The fraction of sp³-hybridized carbons (Fsp3) is 0.0625. The van der Waals surface area contributed by atoms with Crippen molar-refractivity contribution in [3.05, 3.63) is 65.0 Å². The minimum absolute atomic E-state index is 0.698. The minimum Gasteiger partial charge on any atom is -0.381 e. The molecule has 0 aliphatic heterocycles. The van der Waals surface area contributed by atoms with Crippen LogP contribution in [-0.4, -0.2) is 0 Å². The number of nitriles is 1. The maximum absolute atomic E-state index is 8.75. The van der Waals surface area contributed by atoms with Gasteiger partial charge in [0.1, 0.15) is 0 Å². The number of hydrogen-bond donors (Lipinski definition) is 1. The van der Waals surface area contributed by atoms with Crippen LogP contribution in [0, 0.1) is 11.3 Å². The van der Waals surface area contributed by atoms with Crippen LogP contribution in [0.2, 0.25) is 0 Å². The maximum Gasteiger partial charge on any atom is 0.0991 e. The molecule has 3 aromatic rings. The Morgan fingerprint density at radius 2 is 1.89 bits per heavy atom. The van der Waals surface area contributed by atoms with Crippen molar-refractivity contribution >= 4 is 27.1 Å². The topological polar surface area (TPSA) is 35.8 Å². The number of nitrogens with zero attached hydrogens (tertiary/aromatic N) is 1. The zero-order valence-electron chi connectivity index (χ0n) is 10.3. The van der Waals surface area contributed by atoms with Crippen molar-refractivity contribution in [1.29, 1.82) is 5.26 Å². The Balaban J connectivity index is 1.72. The summed E-state index contributed by atoms with van der Waals surface area (Å²) in [5.74, 6) is 0. The Labute approximate surface area is 115 Å². The third-order valence-corrected chi connectivity index (χ3v) is 3.93. The smallest absolute Gasteiger partial charge is 0.0991 e. The highest BCUT2D eigenvalue weighted by molar-refractivity contribution is 7.17. The number of nitrogens with one attached hydrogen (secondary N) is 1. The van der Waals surface area contributed by atoms with Crippen LogP contribution in [-0.2, 0) is 6.54 Å². The van der Waals surface area contributed by atoms with E-state index in [0.717, 1.165) is 12.2 Å². The van der Waals surface area contributed by atoms with Gasteiger partial charge < -0.3 is 5.32 Å². The molecule has 1 N–H and O–H groups in total. The molecule has 3 rings (SSSR count). The monoisotopic (exact) mass is 264 g/mol. The molecule has 0 radical (unpaired) electrons. The average Bonchev–Trinajstić information content (AvgIpc) is 2.93. The molecule has 0 atom stereocenters. The number of hydrogen-bond acceptors (Lipinski definition) is 3. The summed E-state index contributed by atoms with van der Waals surface area (Å²) >= 11 is 1.76. The lowest BCUT2D eigenvalue weighted by atomic mass is 10.1. The van der Waals surface area contributed by atoms with Gasteiger partial charge in [0.25, 0.3) is 0 Å². The van der Waals surface area contributed by atoms with Crippen LogP contribution >= 0.6 is 11.3 Å². The lowest BCUT2D eigenvalue weighted by molar-refractivity contribution is 1.15. The fourth-order valence-electron chi connectivity index (χ4n) is 1.98. The highest BCUT2D eigenvalue weighted by atomic mass is 32.1. The molecule has 0 amide bonds. The minimum atomic E-state index is 0.698. The summed E-state index contributed by atoms with van der Waals surface area (Å²) in [5, 5.41) is 15.5. The molecule has 0 aliphatic carbocycles. The second kappa shape index (κ2) is 5.13. The lowest BCUT2D eigenvalue weighted by Gasteiger charge is -2.06. The number of anilines is 1. The SMILES string of the molecule is N#Cc1ccc(CNc2ccc3sccc3c2)cc1. The molecule has 1 aromatic heterocycles. The van der Waals surface area contributed by atoms with E-state index in [1.165, 1.54) is 15.6 Å². The van der Waals surface area contributed by atoms with Crippen LogP contribution in [0.4, 0.5) is 5.69 Å². The largest absolute Gasteiger partial charge is 0.381 e. The predicted molar refractivity (Wildman–Crippen MR) is 80.3 cm³/mol. The molecule has 2 aromatic carbocycles. The van der Waals surface area contributed by atoms with Crippen molar-refractivity contribution in [2.45, 2.75) is 6.54 Å². The third-order valence-electron chi connectivity index (χ3n) is 3.03. The second-order valence-electron chi connectivity index (χ2n) is 4.34. The van der Waals surface area contributed by atoms with Crippen molar-refractivity contribution in [3.63, 3.8) is 0 Å². The quantitative estimate of drug-likeness (QED) is 0.761. The van der Waals surface area contributed by atoms with Crippen molar-refractivity contribution in [2.75, 3.05) is 5.32 Å². The van der Waals surface area contributed by atoms with Gasteiger partial charge in [0.05, 0.1) is 11.6 Å². The molecule has 0 saturated heterocycles. The molecule has 92 valence electrons. The van der Waals surface area contributed by atoms with E-state index in [-0.39, 0.29) is 0 Å². The van der Waals surface area contributed by atoms with Crippen LogP contribution in [0.3, 0.4) is 0 Å². The van der Waals surface area contributed by atoms with E-state index in [4.69, 9.17) is 5.26 Å². The predicted octanol–water partition coefficient (Wildman–Crippen LogP) is 4.39. The van der Waals surface area contributed by atoms with Gasteiger partial charge in [-0.15, -0.1) is 11.3 Å². The number of benzene rings is 2. The van der Waals surface area contributed by atoms with Crippen LogP contribution in [0.25, 0.3) is 10.1 Å². The first-order chi connectivity index (χ1) is 9.35. The summed E-state index contributed by atoms with van der Waals surface area (Å²) in [4.78, 5) is 0. The fourth-order valence-corrected chi connectivity index (χ4v) is 2.75. The highest BCUT2D eigenvalue weighted by Crippen LogP contribution is 2.24. The molecule has 0 aliphatic rings. The second-order valence-corrected chi connectivity index (χ2v) is 5.28. The third kappa shape index (κ3) is 2.59. The number of rotatable bonds is 3. The van der Waals surface area contributed by atoms with E-state index in [1.54, 1.807) is 11.3 Å². The standard InChI is InChI=1S/C16H12N2S/c17-10-12-1-3-13(4-2-12)11-18-15-5-6-16-14(9-15)7-8-19-16/h1-9,18H,11H2. The van der Waals surface area contributed by atoms with Gasteiger partial charge in [-0.25, -0.2) is 0 Å². The Bertz CT molecular complexity index is 735. The van der Waals surface area contributed by atoms with Gasteiger partial charge in [-0.05, 0) is 52.7 Å². The Morgan fingerprint density at radius 3 is 2.68 bits per heavy atom. The van der Waals surface area contributed by atoms with Crippen molar-refractivity contribution < 1.29 is 0 Å². The van der Waals surface area contributed by atoms with Gasteiger partial charge in [0.15, 0.2) is 0 Å².